The average Bonchev–Trinajstić information content (AvgIpc) is 2.56. The van der Waals surface area contributed by atoms with E-state index in [-0.39, 0.29) is 17.6 Å². The van der Waals surface area contributed by atoms with Crippen molar-refractivity contribution in [1.82, 2.24) is 5.32 Å². The number of rotatable bonds is 5. The molecule has 2 aromatic carbocycles. The predicted molar refractivity (Wildman–Crippen MR) is 95.2 cm³/mol. The highest BCUT2D eigenvalue weighted by atomic mass is 35.5. The summed E-state index contributed by atoms with van der Waals surface area (Å²) in [6, 6.07) is 10.8. The second-order valence-electron chi connectivity index (χ2n) is 5.09. The lowest BCUT2D eigenvalue weighted by atomic mass is 10.1. The summed E-state index contributed by atoms with van der Waals surface area (Å²) in [4.78, 5) is 22.3. The summed E-state index contributed by atoms with van der Waals surface area (Å²) in [5.74, 6) is -0.319. The number of carbonyl (C=O) groups excluding carboxylic acids is 1. The molecule has 2 aromatic rings. The van der Waals surface area contributed by atoms with E-state index < -0.39 is 4.92 Å². The van der Waals surface area contributed by atoms with Crippen LogP contribution in [0.5, 0.6) is 0 Å². The van der Waals surface area contributed by atoms with Gasteiger partial charge in [0.25, 0.3) is 5.69 Å². The Balaban J connectivity index is 2.03. The highest BCUT2D eigenvalue weighted by Crippen LogP contribution is 2.23. The van der Waals surface area contributed by atoms with E-state index in [1.807, 2.05) is 0 Å². The first kappa shape index (κ1) is 18.0. The summed E-state index contributed by atoms with van der Waals surface area (Å²) < 4.78 is 0. The zero-order valence-corrected chi connectivity index (χ0v) is 14.2. The minimum atomic E-state index is -0.470. The van der Waals surface area contributed by atoms with Gasteiger partial charge in [-0.2, -0.15) is 0 Å². The molecule has 0 saturated carbocycles. The lowest BCUT2D eigenvalue weighted by Gasteiger charge is -2.12. The largest absolute Gasteiger partial charge is 0.346 e. The van der Waals surface area contributed by atoms with Crippen molar-refractivity contribution < 1.29 is 9.72 Å². The number of non-ortho nitro benzene ring substituents is 1. The van der Waals surface area contributed by atoms with E-state index in [4.69, 9.17) is 23.2 Å². The number of nitro groups is 1. The minimum Gasteiger partial charge on any atom is -0.346 e. The zero-order chi connectivity index (χ0) is 17.7. The van der Waals surface area contributed by atoms with Crippen LogP contribution in [-0.4, -0.2) is 10.8 Å². The molecule has 2 rings (SSSR count). The van der Waals surface area contributed by atoms with Gasteiger partial charge in [-0.15, -0.1) is 0 Å². The van der Waals surface area contributed by atoms with Crippen LogP contribution < -0.4 is 5.32 Å². The van der Waals surface area contributed by atoms with E-state index in [1.165, 1.54) is 18.2 Å². The molecule has 0 saturated heterocycles. The van der Waals surface area contributed by atoms with Crippen molar-refractivity contribution in [3.8, 4) is 0 Å². The van der Waals surface area contributed by atoms with E-state index in [0.717, 1.165) is 5.56 Å². The fraction of sp³-hybridized carbons (Fsp3) is 0.118. The third-order valence-electron chi connectivity index (χ3n) is 3.31. The first-order chi connectivity index (χ1) is 11.4. The lowest BCUT2D eigenvalue weighted by Crippen LogP contribution is -2.24. The van der Waals surface area contributed by atoms with Crippen LogP contribution in [0.15, 0.2) is 48.5 Å². The summed E-state index contributed by atoms with van der Waals surface area (Å²) in [6.45, 7) is 1.75. The van der Waals surface area contributed by atoms with E-state index in [9.17, 15) is 14.9 Å². The van der Waals surface area contributed by atoms with Gasteiger partial charge >= 0.3 is 0 Å². The lowest BCUT2D eigenvalue weighted by molar-refractivity contribution is -0.384. The molecule has 124 valence electrons. The Labute approximate surface area is 149 Å². The summed E-state index contributed by atoms with van der Waals surface area (Å²) in [5, 5.41) is 14.4. The smallest absolute Gasteiger partial charge is 0.269 e. The maximum atomic E-state index is 12.0. The number of hydrogen-bond acceptors (Lipinski definition) is 3. The minimum absolute atomic E-state index is 0.0139. The molecule has 0 radical (unpaired) electrons. The molecule has 24 heavy (non-hydrogen) atoms. The third kappa shape index (κ3) is 4.81. The van der Waals surface area contributed by atoms with E-state index in [0.29, 0.717) is 15.6 Å². The first-order valence-corrected chi connectivity index (χ1v) is 7.80. The SMILES string of the molecule is CC(NC(=O)/C=C/c1ccc(Cl)c(Cl)c1)c1cccc([N+](=O)[O-])c1. The summed E-state index contributed by atoms with van der Waals surface area (Å²) >= 11 is 11.7. The molecule has 1 N–H and O–H groups in total. The van der Waals surface area contributed by atoms with Crippen LogP contribution in [0.4, 0.5) is 5.69 Å². The van der Waals surface area contributed by atoms with Crippen molar-refractivity contribution in [3.05, 3.63) is 79.8 Å². The Bertz CT molecular complexity index is 806. The molecule has 0 bridgehead atoms. The predicted octanol–water partition coefficient (Wildman–Crippen LogP) is 4.79. The van der Waals surface area contributed by atoms with Crippen LogP contribution in [0.2, 0.25) is 10.0 Å². The molecule has 0 spiro atoms. The van der Waals surface area contributed by atoms with Gasteiger partial charge in [0.15, 0.2) is 0 Å². The van der Waals surface area contributed by atoms with Crippen LogP contribution in [0, 0.1) is 10.1 Å². The molecule has 1 amide bonds. The van der Waals surface area contributed by atoms with Crippen molar-refractivity contribution in [1.29, 1.82) is 0 Å². The molecular formula is C17H14Cl2N2O3. The maximum absolute atomic E-state index is 12.0. The van der Waals surface area contributed by atoms with Gasteiger partial charge in [-0.05, 0) is 36.3 Å². The van der Waals surface area contributed by atoms with Crippen molar-refractivity contribution >= 4 is 40.9 Å². The number of halogens is 2. The molecule has 0 aliphatic carbocycles. The Hall–Kier alpha value is -2.37. The second kappa shape index (κ2) is 7.95. The third-order valence-corrected chi connectivity index (χ3v) is 4.05. The van der Waals surface area contributed by atoms with Crippen LogP contribution in [0.3, 0.4) is 0 Å². The zero-order valence-electron chi connectivity index (χ0n) is 12.7. The van der Waals surface area contributed by atoms with Crippen LogP contribution in [0.1, 0.15) is 24.1 Å². The van der Waals surface area contributed by atoms with Gasteiger partial charge in [0.1, 0.15) is 0 Å². The Morgan fingerprint density at radius 2 is 1.96 bits per heavy atom. The van der Waals surface area contributed by atoms with Gasteiger partial charge in [0.2, 0.25) is 5.91 Å². The summed E-state index contributed by atoms with van der Waals surface area (Å²) in [6.07, 6.45) is 2.98. The molecule has 7 heteroatoms. The number of nitrogens with one attached hydrogen (secondary N) is 1. The number of hydrogen-bond donors (Lipinski definition) is 1. The van der Waals surface area contributed by atoms with Crippen LogP contribution in [-0.2, 0) is 4.79 Å². The highest BCUT2D eigenvalue weighted by Gasteiger charge is 2.12. The van der Waals surface area contributed by atoms with Crippen molar-refractivity contribution in [2.75, 3.05) is 0 Å². The fourth-order valence-corrected chi connectivity index (χ4v) is 2.35. The maximum Gasteiger partial charge on any atom is 0.269 e. The standard InChI is InChI=1S/C17H14Cl2N2O3/c1-11(13-3-2-4-14(10-13)21(23)24)20-17(22)8-6-12-5-7-15(18)16(19)9-12/h2-11H,1H3,(H,20,22)/b8-6+. The number of carbonyl (C=O) groups is 1. The molecule has 0 fully saturated rings. The van der Waals surface area contributed by atoms with Gasteiger partial charge in [0.05, 0.1) is 21.0 Å². The van der Waals surface area contributed by atoms with Gasteiger partial charge < -0.3 is 5.32 Å². The molecule has 1 atom stereocenters. The number of nitro benzene ring substituents is 1. The quantitative estimate of drug-likeness (QED) is 0.470. The van der Waals surface area contributed by atoms with Gasteiger partial charge in [-0.25, -0.2) is 0 Å². The molecule has 0 aliphatic rings. The number of benzene rings is 2. The fourth-order valence-electron chi connectivity index (χ4n) is 2.04. The van der Waals surface area contributed by atoms with Crippen molar-refractivity contribution in [2.45, 2.75) is 13.0 Å². The Morgan fingerprint density at radius 1 is 1.21 bits per heavy atom. The summed E-state index contributed by atoms with van der Waals surface area (Å²) in [7, 11) is 0. The van der Waals surface area contributed by atoms with Gasteiger partial charge in [-0.1, -0.05) is 41.4 Å². The van der Waals surface area contributed by atoms with E-state index in [2.05, 4.69) is 5.32 Å². The Morgan fingerprint density at radius 3 is 2.62 bits per heavy atom. The molecule has 0 aliphatic heterocycles. The molecule has 5 nitrogen and oxygen atoms in total. The average molecular weight is 365 g/mol. The molecule has 0 aromatic heterocycles. The summed E-state index contributed by atoms with van der Waals surface area (Å²) in [5.41, 5.74) is 1.38. The van der Waals surface area contributed by atoms with Crippen molar-refractivity contribution in [2.24, 2.45) is 0 Å². The Kier molecular flexibility index (Phi) is 5.95. The normalized spacial score (nSPS) is 12.1. The monoisotopic (exact) mass is 364 g/mol. The van der Waals surface area contributed by atoms with Gasteiger partial charge in [-0.3, -0.25) is 14.9 Å². The number of nitrogens with zero attached hydrogens (tertiary/aromatic N) is 1. The number of amides is 1. The highest BCUT2D eigenvalue weighted by molar-refractivity contribution is 6.42. The van der Waals surface area contributed by atoms with Crippen LogP contribution in [0.25, 0.3) is 6.08 Å². The molecular weight excluding hydrogens is 351 g/mol. The van der Waals surface area contributed by atoms with Crippen molar-refractivity contribution in [3.63, 3.8) is 0 Å². The van der Waals surface area contributed by atoms with E-state index in [1.54, 1.807) is 43.3 Å². The topological polar surface area (TPSA) is 72.2 Å². The molecule has 1 unspecified atom stereocenters. The second-order valence-corrected chi connectivity index (χ2v) is 5.90. The first-order valence-electron chi connectivity index (χ1n) is 7.05. The van der Waals surface area contributed by atoms with E-state index >= 15 is 0 Å². The molecule has 0 heterocycles. The van der Waals surface area contributed by atoms with Gasteiger partial charge in [0, 0.05) is 18.2 Å². The van der Waals surface area contributed by atoms with Crippen LogP contribution >= 0.6 is 23.2 Å².